The van der Waals surface area contributed by atoms with E-state index in [2.05, 4.69) is 30.9 Å². The van der Waals surface area contributed by atoms with Crippen LogP contribution < -0.4 is 4.90 Å². The lowest BCUT2D eigenvalue weighted by molar-refractivity contribution is -0.171. The van der Waals surface area contributed by atoms with Crippen molar-refractivity contribution in [2.45, 2.75) is 66.0 Å². The van der Waals surface area contributed by atoms with Gasteiger partial charge in [-0.2, -0.15) is 0 Å². The van der Waals surface area contributed by atoms with Crippen molar-refractivity contribution < 1.29 is 47.7 Å². The van der Waals surface area contributed by atoms with Crippen molar-refractivity contribution in [1.29, 1.82) is 0 Å². The van der Waals surface area contributed by atoms with Gasteiger partial charge in [0.05, 0.1) is 22.2 Å². The summed E-state index contributed by atoms with van der Waals surface area (Å²) in [5, 5.41) is 0. The number of amides is 2. The number of hydrogen-bond acceptors (Lipinski definition) is 13. The standard InChI is InChI=1S/C27H30BrN5O10/c1-13(42-25(38)15(3)40-17(5)34)23(36)32-12-11-31-27(32)33(20-8-7-19-22(21(20)28)30-10-9-29-19)24(37)14(2)43-26(39)16(4)41-18(6)35/h7-10,13-16H,11-12H2,1-6H3/t13-,14-,15-,16-/m0/s1. The third kappa shape index (κ3) is 7.88. The van der Waals surface area contributed by atoms with Gasteiger partial charge < -0.3 is 18.9 Å². The van der Waals surface area contributed by atoms with Gasteiger partial charge in [-0.1, -0.05) is 0 Å². The smallest absolute Gasteiger partial charge is 0.347 e. The second kappa shape index (κ2) is 14.1. The highest BCUT2D eigenvalue weighted by Crippen LogP contribution is 2.34. The van der Waals surface area contributed by atoms with Crippen molar-refractivity contribution in [3.8, 4) is 0 Å². The van der Waals surface area contributed by atoms with Crippen LogP contribution in [0.4, 0.5) is 5.69 Å². The Balaban J connectivity index is 1.97. The van der Waals surface area contributed by atoms with Gasteiger partial charge in [0.25, 0.3) is 11.8 Å². The van der Waals surface area contributed by atoms with Crippen LogP contribution in [0.1, 0.15) is 41.5 Å². The molecule has 0 saturated carbocycles. The molecule has 0 N–H and O–H groups in total. The topological polar surface area (TPSA) is 184 Å². The predicted octanol–water partition coefficient (Wildman–Crippen LogP) is 1.69. The summed E-state index contributed by atoms with van der Waals surface area (Å²) in [7, 11) is 0. The number of hydrogen-bond donors (Lipinski definition) is 0. The number of aromatic nitrogens is 2. The Labute approximate surface area is 254 Å². The van der Waals surface area contributed by atoms with Gasteiger partial charge in [0.15, 0.2) is 24.4 Å². The monoisotopic (exact) mass is 663 g/mol. The minimum absolute atomic E-state index is 0.0298. The van der Waals surface area contributed by atoms with Gasteiger partial charge in [0.1, 0.15) is 5.52 Å². The summed E-state index contributed by atoms with van der Waals surface area (Å²) in [6.45, 7) is 7.61. The molecular weight excluding hydrogens is 634 g/mol. The Bertz CT molecular complexity index is 1480. The second-order valence-electron chi connectivity index (χ2n) is 9.33. The molecule has 15 nitrogen and oxygen atoms in total. The molecule has 4 atom stereocenters. The number of halogens is 1. The van der Waals surface area contributed by atoms with Crippen LogP contribution >= 0.6 is 15.9 Å². The van der Waals surface area contributed by atoms with Crippen molar-refractivity contribution in [2.75, 3.05) is 18.0 Å². The number of rotatable bonds is 9. The normalized spacial score (nSPS) is 15.4. The Morgan fingerprint density at radius 2 is 1.37 bits per heavy atom. The van der Waals surface area contributed by atoms with E-state index in [0.29, 0.717) is 15.5 Å². The molecule has 1 aliphatic heterocycles. The first kappa shape index (κ1) is 33.0. The highest BCUT2D eigenvalue weighted by atomic mass is 79.9. The lowest BCUT2D eigenvalue weighted by atomic mass is 10.2. The number of carbonyl (C=O) groups excluding carboxylic acids is 6. The third-order valence-corrected chi connectivity index (χ3v) is 6.72. The molecule has 0 unspecified atom stereocenters. The van der Waals surface area contributed by atoms with Crippen molar-refractivity contribution >= 4 is 74.3 Å². The molecule has 0 aliphatic carbocycles. The number of fused-ring (bicyclic) bond motifs is 1. The van der Waals surface area contributed by atoms with E-state index in [1.807, 2.05) is 0 Å². The van der Waals surface area contributed by atoms with E-state index in [-0.39, 0.29) is 24.7 Å². The molecule has 2 aromatic rings. The molecular formula is C27H30BrN5O10. The number of aliphatic imine (C=N–C) groups is 1. The predicted molar refractivity (Wildman–Crippen MR) is 152 cm³/mol. The fourth-order valence-corrected chi connectivity index (χ4v) is 4.58. The molecule has 1 aromatic heterocycles. The van der Waals surface area contributed by atoms with Crippen LogP contribution in [-0.4, -0.2) is 94.0 Å². The van der Waals surface area contributed by atoms with Crippen LogP contribution in [-0.2, 0) is 47.7 Å². The van der Waals surface area contributed by atoms with Gasteiger partial charge in [-0.3, -0.25) is 39.0 Å². The van der Waals surface area contributed by atoms with E-state index in [9.17, 15) is 28.8 Å². The lowest BCUT2D eigenvalue weighted by Crippen LogP contribution is -2.54. The highest BCUT2D eigenvalue weighted by molar-refractivity contribution is 9.10. The van der Waals surface area contributed by atoms with Gasteiger partial charge in [-0.05, 0) is 55.8 Å². The molecule has 0 spiro atoms. The quantitative estimate of drug-likeness (QED) is 0.280. The first-order valence-electron chi connectivity index (χ1n) is 13.1. The molecule has 2 heterocycles. The summed E-state index contributed by atoms with van der Waals surface area (Å²) in [6, 6.07) is 3.15. The van der Waals surface area contributed by atoms with E-state index in [1.54, 1.807) is 12.1 Å². The maximum Gasteiger partial charge on any atom is 0.347 e. The average molecular weight is 664 g/mol. The zero-order valence-corrected chi connectivity index (χ0v) is 25.8. The number of anilines is 1. The van der Waals surface area contributed by atoms with Crippen LogP contribution in [0.25, 0.3) is 11.0 Å². The molecule has 0 bridgehead atoms. The molecule has 0 radical (unpaired) electrons. The van der Waals surface area contributed by atoms with Crippen molar-refractivity contribution in [3.63, 3.8) is 0 Å². The van der Waals surface area contributed by atoms with Crippen molar-refractivity contribution in [1.82, 2.24) is 14.9 Å². The van der Waals surface area contributed by atoms with Crippen molar-refractivity contribution in [2.24, 2.45) is 4.99 Å². The summed E-state index contributed by atoms with van der Waals surface area (Å²) >= 11 is 3.47. The molecule has 1 aromatic carbocycles. The average Bonchev–Trinajstić information content (AvgIpc) is 3.42. The summed E-state index contributed by atoms with van der Waals surface area (Å²) in [5.41, 5.74) is 1.09. The Hall–Kier alpha value is -4.47. The van der Waals surface area contributed by atoms with E-state index in [0.717, 1.165) is 23.6 Å². The number of carbonyl (C=O) groups is 6. The van der Waals surface area contributed by atoms with Crippen LogP contribution in [0, 0.1) is 0 Å². The molecule has 1 aliphatic rings. The van der Waals surface area contributed by atoms with Gasteiger partial charge in [0.2, 0.25) is 5.96 Å². The van der Waals surface area contributed by atoms with Gasteiger partial charge >= 0.3 is 23.9 Å². The summed E-state index contributed by atoms with van der Waals surface area (Å²) in [5.74, 6) is -4.98. The van der Waals surface area contributed by atoms with Gasteiger partial charge in [-0.25, -0.2) is 14.5 Å². The Kier molecular flexibility index (Phi) is 10.9. The lowest BCUT2D eigenvalue weighted by Gasteiger charge is -2.32. The highest BCUT2D eigenvalue weighted by Gasteiger charge is 2.40. The maximum atomic E-state index is 13.9. The fourth-order valence-electron chi connectivity index (χ4n) is 3.96. The van der Waals surface area contributed by atoms with E-state index >= 15 is 0 Å². The summed E-state index contributed by atoms with van der Waals surface area (Å²) < 4.78 is 20.5. The first-order chi connectivity index (χ1) is 20.2. The van der Waals surface area contributed by atoms with Crippen LogP contribution in [0.15, 0.2) is 34.0 Å². The largest absolute Gasteiger partial charge is 0.451 e. The first-order valence-corrected chi connectivity index (χ1v) is 13.9. The number of guanidine groups is 1. The minimum Gasteiger partial charge on any atom is -0.451 e. The van der Waals surface area contributed by atoms with Gasteiger partial charge in [0, 0.05) is 32.8 Å². The number of ether oxygens (including phenoxy) is 4. The molecule has 0 saturated heterocycles. The van der Waals surface area contributed by atoms with Crippen molar-refractivity contribution in [3.05, 3.63) is 29.0 Å². The molecule has 2 amide bonds. The summed E-state index contributed by atoms with van der Waals surface area (Å²) in [6.07, 6.45) is -2.37. The Morgan fingerprint density at radius 3 is 1.95 bits per heavy atom. The second-order valence-corrected chi connectivity index (χ2v) is 10.1. The van der Waals surface area contributed by atoms with E-state index in [4.69, 9.17) is 18.9 Å². The molecule has 230 valence electrons. The fraction of sp³-hybridized carbons (Fsp3) is 0.444. The van der Waals surface area contributed by atoms with Gasteiger partial charge in [-0.15, -0.1) is 0 Å². The SMILES string of the molecule is CC(=O)O[C@@H](C)C(=O)O[C@@H](C)C(=O)N1CCN=C1N(C(=O)[C@H](C)OC(=O)[C@H](C)OC(C)=O)c1ccc2nccnc2c1Br. The van der Waals surface area contributed by atoms with Crippen LogP contribution in [0.3, 0.4) is 0 Å². The molecule has 43 heavy (non-hydrogen) atoms. The number of nitrogens with zero attached hydrogens (tertiary/aromatic N) is 5. The number of esters is 4. The molecule has 0 fully saturated rings. The zero-order valence-electron chi connectivity index (χ0n) is 24.2. The Morgan fingerprint density at radius 1 is 0.814 bits per heavy atom. The molecule has 3 rings (SSSR count). The van der Waals surface area contributed by atoms with E-state index in [1.165, 1.54) is 40.1 Å². The summed E-state index contributed by atoms with van der Waals surface area (Å²) in [4.78, 5) is 90.0. The molecule has 16 heteroatoms. The van der Waals surface area contributed by atoms with Crippen LogP contribution in [0.5, 0.6) is 0 Å². The zero-order chi connectivity index (χ0) is 32.0. The number of benzene rings is 1. The van der Waals surface area contributed by atoms with E-state index < -0.39 is 60.1 Å². The third-order valence-electron chi connectivity index (χ3n) is 5.93. The maximum absolute atomic E-state index is 13.9. The minimum atomic E-state index is -1.44. The van der Waals surface area contributed by atoms with Crippen LogP contribution in [0.2, 0.25) is 0 Å².